The Morgan fingerprint density at radius 3 is 2.94 bits per heavy atom. The van der Waals surface area contributed by atoms with Gasteiger partial charge in [-0.15, -0.1) is 0 Å². The van der Waals surface area contributed by atoms with Crippen molar-refractivity contribution in [3.63, 3.8) is 0 Å². The van der Waals surface area contributed by atoms with Gasteiger partial charge < -0.3 is 4.74 Å². The van der Waals surface area contributed by atoms with Gasteiger partial charge in [-0.2, -0.15) is 0 Å². The van der Waals surface area contributed by atoms with Crippen LogP contribution >= 0.6 is 0 Å². The zero-order valence-electron chi connectivity index (χ0n) is 8.67. The fourth-order valence-corrected chi connectivity index (χ4v) is 1.36. The van der Waals surface area contributed by atoms with Gasteiger partial charge >= 0.3 is 0 Å². The first-order valence-electron chi connectivity index (χ1n) is 4.95. The Kier molecular flexibility index (Phi) is 3.28. The number of benzene rings is 1. The molecule has 1 heterocycles. The molecule has 2 rings (SSSR count). The van der Waals surface area contributed by atoms with Crippen molar-refractivity contribution in [2.45, 2.75) is 6.61 Å². The van der Waals surface area contributed by atoms with Gasteiger partial charge in [0.1, 0.15) is 18.6 Å². The highest BCUT2D eigenvalue weighted by molar-refractivity contribution is 5.74. The van der Waals surface area contributed by atoms with Gasteiger partial charge in [0.05, 0.1) is 6.20 Å². The molecule has 0 aliphatic heterocycles. The molecule has 0 atom stereocenters. The summed E-state index contributed by atoms with van der Waals surface area (Å²) < 4.78 is 5.51. The molecule has 3 heteroatoms. The molecule has 0 fully saturated rings. The van der Waals surface area contributed by atoms with E-state index < -0.39 is 0 Å². The number of ether oxygens (including phenoxy) is 1. The van der Waals surface area contributed by atoms with Crippen molar-refractivity contribution < 1.29 is 9.53 Å². The molecule has 0 radical (unpaired) electrons. The van der Waals surface area contributed by atoms with Gasteiger partial charge in [0, 0.05) is 11.8 Å². The van der Waals surface area contributed by atoms with E-state index in [1.807, 2.05) is 30.3 Å². The molecule has 80 valence electrons. The van der Waals surface area contributed by atoms with E-state index in [0.29, 0.717) is 12.2 Å². The maximum absolute atomic E-state index is 10.6. The molecule has 0 aliphatic rings. The summed E-state index contributed by atoms with van der Waals surface area (Å²) in [5.74, 6) is 0.721. The molecular formula is C13H11NO2. The summed E-state index contributed by atoms with van der Waals surface area (Å²) in [6.45, 7) is 0.438. The van der Waals surface area contributed by atoms with E-state index in [1.165, 1.54) is 0 Å². The Balaban J connectivity index is 2.02. The van der Waals surface area contributed by atoms with Crippen molar-refractivity contribution in [3.8, 4) is 5.75 Å². The van der Waals surface area contributed by atoms with Crippen molar-refractivity contribution >= 4 is 6.29 Å². The van der Waals surface area contributed by atoms with Gasteiger partial charge in [0.2, 0.25) is 0 Å². The summed E-state index contributed by atoms with van der Waals surface area (Å²) in [4.78, 5) is 14.5. The number of carbonyl (C=O) groups is 1. The third kappa shape index (κ3) is 2.67. The van der Waals surface area contributed by atoms with Crippen molar-refractivity contribution in [1.29, 1.82) is 0 Å². The highest BCUT2D eigenvalue weighted by Crippen LogP contribution is 2.10. The van der Waals surface area contributed by atoms with E-state index in [1.54, 1.807) is 18.5 Å². The van der Waals surface area contributed by atoms with E-state index in [0.717, 1.165) is 17.6 Å². The number of nitrogens with zero attached hydrogens (tertiary/aromatic N) is 1. The van der Waals surface area contributed by atoms with E-state index in [9.17, 15) is 4.79 Å². The van der Waals surface area contributed by atoms with E-state index >= 15 is 0 Å². The van der Waals surface area contributed by atoms with Crippen LogP contribution in [-0.4, -0.2) is 11.3 Å². The van der Waals surface area contributed by atoms with Gasteiger partial charge in [-0.25, -0.2) is 0 Å². The lowest BCUT2D eigenvalue weighted by Gasteiger charge is -2.05. The zero-order chi connectivity index (χ0) is 11.2. The van der Waals surface area contributed by atoms with Crippen LogP contribution in [0.3, 0.4) is 0 Å². The molecule has 0 saturated heterocycles. The van der Waals surface area contributed by atoms with Crippen molar-refractivity contribution in [2.75, 3.05) is 0 Å². The van der Waals surface area contributed by atoms with Crippen LogP contribution in [0, 0.1) is 0 Å². The van der Waals surface area contributed by atoms with Crippen LogP contribution in [0.2, 0.25) is 0 Å². The predicted octanol–water partition coefficient (Wildman–Crippen LogP) is 2.47. The van der Waals surface area contributed by atoms with Gasteiger partial charge in [0.25, 0.3) is 0 Å². The number of rotatable bonds is 4. The lowest BCUT2D eigenvalue weighted by molar-refractivity contribution is 0.112. The topological polar surface area (TPSA) is 39.2 Å². The van der Waals surface area contributed by atoms with Crippen LogP contribution in [0.15, 0.2) is 48.8 Å². The van der Waals surface area contributed by atoms with Gasteiger partial charge in [-0.1, -0.05) is 18.2 Å². The Bertz CT molecular complexity index is 468. The molecule has 0 aliphatic carbocycles. The molecule has 0 unspecified atom stereocenters. The number of hydrogen-bond acceptors (Lipinski definition) is 3. The standard InChI is InChI=1S/C13H11NO2/c15-9-11-3-1-4-12(7-11)10-16-13-5-2-6-14-8-13/h1-9H,10H2. The van der Waals surface area contributed by atoms with Crippen molar-refractivity contribution in [3.05, 3.63) is 59.9 Å². The molecule has 0 saturated carbocycles. The Morgan fingerprint density at radius 2 is 2.19 bits per heavy atom. The third-order valence-electron chi connectivity index (χ3n) is 2.13. The van der Waals surface area contributed by atoms with Crippen LogP contribution < -0.4 is 4.74 Å². The van der Waals surface area contributed by atoms with Crippen molar-refractivity contribution in [1.82, 2.24) is 4.98 Å². The van der Waals surface area contributed by atoms with E-state index in [-0.39, 0.29) is 0 Å². The van der Waals surface area contributed by atoms with Crippen molar-refractivity contribution in [2.24, 2.45) is 0 Å². The van der Waals surface area contributed by atoms with Crippen LogP contribution in [0.5, 0.6) is 5.75 Å². The Hall–Kier alpha value is -2.16. The molecule has 0 bridgehead atoms. The maximum Gasteiger partial charge on any atom is 0.150 e. The average Bonchev–Trinajstić information content (AvgIpc) is 2.38. The minimum absolute atomic E-state index is 0.438. The van der Waals surface area contributed by atoms with Crippen LogP contribution in [0.25, 0.3) is 0 Å². The summed E-state index contributed by atoms with van der Waals surface area (Å²) in [7, 11) is 0. The first-order valence-corrected chi connectivity index (χ1v) is 4.95. The zero-order valence-corrected chi connectivity index (χ0v) is 8.67. The lowest BCUT2D eigenvalue weighted by atomic mass is 10.1. The first kappa shape index (κ1) is 10.4. The van der Waals surface area contributed by atoms with Gasteiger partial charge in [0.15, 0.2) is 0 Å². The maximum atomic E-state index is 10.6. The highest BCUT2D eigenvalue weighted by Gasteiger charge is 1.97. The molecular weight excluding hydrogens is 202 g/mol. The summed E-state index contributed by atoms with van der Waals surface area (Å²) in [5.41, 5.74) is 1.63. The minimum Gasteiger partial charge on any atom is -0.487 e. The molecule has 3 nitrogen and oxygen atoms in total. The normalized spacial score (nSPS) is 9.75. The monoisotopic (exact) mass is 213 g/mol. The number of hydrogen-bond donors (Lipinski definition) is 0. The molecule has 16 heavy (non-hydrogen) atoms. The van der Waals surface area contributed by atoms with Crippen LogP contribution in [-0.2, 0) is 6.61 Å². The smallest absolute Gasteiger partial charge is 0.150 e. The number of aromatic nitrogens is 1. The van der Waals surface area contributed by atoms with Gasteiger partial charge in [-0.3, -0.25) is 9.78 Å². The Morgan fingerprint density at radius 1 is 1.25 bits per heavy atom. The van der Waals surface area contributed by atoms with Crippen LogP contribution in [0.4, 0.5) is 0 Å². The minimum atomic E-state index is 0.438. The molecule has 2 aromatic rings. The summed E-state index contributed by atoms with van der Waals surface area (Å²) in [6, 6.07) is 11.0. The predicted molar refractivity (Wildman–Crippen MR) is 60.4 cm³/mol. The second kappa shape index (κ2) is 5.07. The van der Waals surface area contributed by atoms with Crippen LogP contribution in [0.1, 0.15) is 15.9 Å². The van der Waals surface area contributed by atoms with Gasteiger partial charge in [-0.05, 0) is 23.8 Å². The Labute approximate surface area is 93.7 Å². The quantitative estimate of drug-likeness (QED) is 0.732. The molecule has 1 aromatic carbocycles. The fraction of sp³-hybridized carbons (Fsp3) is 0.0769. The lowest BCUT2D eigenvalue weighted by Crippen LogP contribution is -1.96. The number of pyridine rings is 1. The first-order chi connectivity index (χ1) is 7.88. The molecule has 0 spiro atoms. The SMILES string of the molecule is O=Cc1cccc(COc2cccnc2)c1. The second-order valence-electron chi connectivity index (χ2n) is 3.34. The largest absolute Gasteiger partial charge is 0.487 e. The van der Waals surface area contributed by atoms with E-state index in [2.05, 4.69) is 4.98 Å². The number of carbonyl (C=O) groups excluding carboxylic acids is 1. The summed E-state index contributed by atoms with van der Waals surface area (Å²) in [6.07, 6.45) is 4.18. The number of aldehydes is 1. The van der Waals surface area contributed by atoms with E-state index in [4.69, 9.17) is 4.74 Å². The summed E-state index contributed by atoms with van der Waals surface area (Å²) >= 11 is 0. The summed E-state index contributed by atoms with van der Waals surface area (Å²) in [5, 5.41) is 0. The molecule has 0 N–H and O–H groups in total. The second-order valence-corrected chi connectivity index (χ2v) is 3.34. The highest BCUT2D eigenvalue weighted by atomic mass is 16.5. The molecule has 0 amide bonds. The fourth-order valence-electron chi connectivity index (χ4n) is 1.36. The average molecular weight is 213 g/mol. The third-order valence-corrected chi connectivity index (χ3v) is 2.13. The molecule has 1 aromatic heterocycles.